The first-order valence-electron chi connectivity index (χ1n) is 7.76. The van der Waals surface area contributed by atoms with Gasteiger partial charge in [0.1, 0.15) is 5.56 Å². The van der Waals surface area contributed by atoms with Crippen LogP contribution in [0, 0.1) is 17.2 Å². The van der Waals surface area contributed by atoms with E-state index in [0.29, 0.717) is 5.69 Å². The molecule has 0 saturated heterocycles. The molecule has 0 aliphatic heterocycles. The smallest absolute Gasteiger partial charge is 0.418 e. The van der Waals surface area contributed by atoms with Crippen LogP contribution in [0.4, 0.5) is 23.0 Å². The van der Waals surface area contributed by atoms with Gasteiger partial charge in [0.25, 0.3) is 0 Å². The quantitative estimate of drug-likeness (QED) is 0.280. The fourth-order valence-electron chi connectivity index (χ4n) is 1.97. The lowest BCUT2D eigenvalue weighted by Crippen LogP contribution is -2.02. The third-order valence-electron chi connectivity index (χ3n) is 3.10. The van der Waals surface area contributed by atoms with E-state index in [-0.39, 0.29) is 0 Å². The van der Waals surface area contributed by atoms with Crippen molar-refractivity contribution in [2.75, 3.05) is 0 Å². The van der Waals surface area contributed by atoms with Gasteiger partial charge in [0.15, 0.2) is 4.98 Å². The number of hydrogen-bond donors (Lipinski definition) is 0. The molecule has 0 fully saturated rings. The summed E-state index contributed by atoms with van der Waals surface area (Å²) in [6.45, 7) is 2.17. The van der Waals surface area contributed by atoms with E-state index < -0.39 is 7.25 Å². The highest BCUT2D eigenvalue weighted by atomic mass is 19.5. The van der Waals surface area contributed by atoms with Crippen LogP contribution in [0.25, 0.3) is 4.98 Å². The zero-order chi connectivity index (χ0) is 18.7. The van der Waals surface area contributed by atoms with Crippen molar-refractivity contribution in [3.8, 4) is 11.8 Å². The maximum absolute atomic E-state index is 9.75. The molecule has 0 radical (unpaired) electrons. The molecule has 0 amide bonds. The largest absolute Gasteiger partial charge is 0.673 e. The minimum atomic E-state index is -6.00. The van der Waals surface area contributed by atoms with Gasteiger partial charge >= 0.3 is 12.9 Å². The highest BCUT2D eigenvalue weighted by molar-refractivity contribution is 6.50. The molecule has 7 heteroatoms. The summed E-state index contributed by atoms with van der Waals surface area (Å²) in [5, 5.41) is 9.04. The van der Waals surface area contributed by atoms with E-state index in [0.717, 1.165) is 30.4 Å². The Morgan fingerprint density at radius 1 is 1.00 bits per heavy atom. The Labute approximate surface area is 144 Å². The molecule has 0 saturated carbocycles. The van der Waals surface area contributed by atoms with Crippen LogP contribution in [0.2, 0.25) is 0 Å². The predicted octanol–water partition coefficient (Wildman–Crippen LogP) is 6.21. The zero-order valence-corrected chi connectivity index (χ0v) is 13.7. The number of unbranched alkanes of at least 4 members (excludes halogenated alkanes) is 1. The lowest BCUT2D eigenvalue weighted by molar-refractivity contribution is 0.368. The highest BCUT2D eigenvalue weighted by Crippen LogP contribution is 2.21. The van der Waals surface area contributed by atoms with Gasteiger partial charge in [-0.2, -0.15) is 0 Å². The second-order valence-electron chi connectivity index (χ2n) is 5.17. The van der Waals surface area contributed by atoms with Crippen LogP contribution < -0.4 is 0 Å². The lowest BCUT2D eigenvalue weighted by Gasteiger charge is -1.98. The average molecular weight is 348 g/mol. The molecule has 130 valence electrons. The molecule has 0 heterocycles. The average Bonchev–Trinajstić information content (AvgIpc) is 2.57. The van der Waals surface area contributed by atoms with Crippen LogP contribution in [-0.4, -0.2) is 7.25 Å². The predicted molar refractivity (Wildman–Crippen MR) is 92.4 cm³/mol. The van der Waals surface area contributed by atoms with Crippen molar-refractivity contribution in [3.05, 3.63) is 70.2 Å². The first-order valence-corrected chi connectivity index (χ1v) is 7.76. The maximum atomic E-state index is 9.75. The Morgan fingerprint density at radius 3 is 2.20 bits per heavy atom. The molecule has 0 atom stereocenters. The van der Waals surface area contributed by atoms with Gasteiger partial charge in [-0.1, -0.05) is 49.5 Å². The van der Waals surface area contributed by atoms with E-state index in [9.17, 15) is 17.3 Å². The molecule has 2 aromatic carbocycles. The number of diazo groups is 1. The molecule has 2 rings (SSSR count). The van der Waals surface area contributed by atoms with E-state index in [1.807, 2.05) is 48.5 Å². The number of rotatable bonds is 3. The van der Waals surface area contributed by atoms with Crippen molar-refractivity contribution in [2.45, 2.75) is 26.2 Å². The van der Waals surface area contributed by atoms with E-state index in [2.05, 4.69) is 23.7 Å². The van der Waals surface area contributed by atoms with E-state index >= 15 is 0 Å². The molecular weight excluding hydrogens is 331 g/mol. The standard InChI is InChI=1S/C18H17N2.BF4/c1-2-3-7-16-11-13-18(20-19)17(14-16)12-10-15-8-5-4-6-9-15;2-1(3,4)5/h4-6,8-9,11,13-14H,2-3,7H2,1H3;/q+1;-1. The van der Waals surface area contributed by atoms with Gasteiger partial charge in [0, 0.05) is 11.6 Å². The van der Waals surface area contributed by atoms with Gasteiger partial charge in [-0.15, -0.1) is 0 Å². The van der Waals surface area contributed by atoms with Crippen molar-refractivity contribution in [2.24, 2.45) is 0 Å². The van der Waals surface area contributed by atoms with E-state index in [4.69, 9.17) is 5.39 Å². The molecule has 0 unspecified atom stereocenters. The SMILES string of the molecule is CCCCc1ccc([N+]#N)c(C#Cc2ccccc2)c1.F[B-](F)(F)F. The Balaban J connectivity index is 0.000000550. The molecule has 25 heavy (non-hydrogen) atoms. The van der Waals surface area contributed by atoms with Crippen LogP contribution >= 0.6 is 0 Å². The second-order valence-corrected chi connectivity index (χ2v) is 5.17. The van der Waals surface area contributed by atoms with Crippen LogP contribution in [0.3, 0.4) is 0 Å². The molecule has 2 nitrogen and oxygen atoms in total. The molecule has 0 N–H and O–H groups in total. The Bertz CT molecular complexity index is 766. The number of halogens is 4. The van der Waals surface area contributed by atoms with Crippen molar-refractivity contribution in [1.82, 2.24) is 0 Å². The summed E-state index contributed by atoms with van der Waals surface area (Å²) in [7, 11) is -6.00. The Kier molecular flexibility index (Phi) is 8.22. The van der Waals surface area contributed by atoms with Crippen molar-refractivity contribution in [3.63, 3.8) is 0 Å². The molecule has 0 spiro atoms. The monoisotopic (exact) mass is 348 g/mol. The van der Waals surface area contributed by atoms with Gasteiger partial charge in [-0.3, -0.25) is 0 Å². The number of hydrogen-bond acceptors (Lipinski definition) is 1. The number of aryl methyl sites for hydroxylation is 1. The summed E-state index contributed by atoms with van der Waals surface area (Å²) < 4.78 is 39.0. The molecule has 0 aliphatic carbocycles. The van der Waals surface area contributed by atoms with Crippen molar-refractivity contribution in [1.29, 1.82) is 5.39 Å². The van der Waals surface area contributed by atoms with Gasteiger partial charge in [0.2, 0.25) is 5.39 Å². The lowest BCUT2D eigenvalue weighted by atomic mass is 10.0. The summed E-state index contributed by atoms with van der Waals surface area (Å²) in [6, 6.07) is 15.6. The van der Waals surface area contributed by atoms with Crippen LogP contribution in [0.5, 0.6) is 0 Å². The summed E-state index contributed by atoms with van der Waals surface area (Å²) in [5.74, 6) is 6.19. The molecular formula is C18H17BF4N2. The first-order chi connectivity index (χ1) is 11.8. The minimum absolute atomic E-state index is 0.522. The van der Waals surface area contributed by atoms with Gasteiger partial charge < -0.3 is 17.3 Å². The highest BCUT2D eigenvalue weighted by Gasteiger charge is 2.20. The molecule has 2 aromatic rings. The summed E-state index contributed by atoms with van der Waals surface area (Å²) in [5.41, 5.74) is 3.48. The summed E-state index contributed by atoms with van der Waals surface area (Å²) in [4.78, 5) is 3.30. The summed E-state index contributed by atoms with van der Waals surface area (Å²) in [6.07, 6.45) is 3.35. The van der Waals surface area contributed by atoms with Gasteiger partial charge in [0.05, 0.1) is 0 Å². The van der Waals surface area contributed by atoms with Crippen molar-refractivity contribution >= 4 is 12.9 Å². The normalized spacial score (nSPS) is 9.92. The summed E-state index contributed by atoms with van der Waals surface area (Å²) >= 11 is 0. The van der Waals surface area contributed by atoms with Crippen LogP contribution in [0.1, 0.15) is 36.5 Å². The molecule has 0 aromatic heterocycles. The van der Waals surface area contributed by atoms with Gasteiger partial charge in [-0.05, 0) is 36.6 Å². The fourth-order valence-corrected chi connectivity index (χ4v) is 1.97. The topological polar surface area (TPSA) is 28.1 Å². The third kappa shape index (κ3) is 9.17. The molecule has 0 bridgehead atoms. The zero-order valence-electron chi connectivity index (χ0n) is 13.7. The minimum Gasteiger partial charge on any atom is -0.418 e. The Hall–Kier alpha value is -2.80. The van der Waals surface area contributed by atoms with Crippen LogP contribution in [-0.2, 0) is 6.42 Å². The van der Waals surface area contributed by atoms with E-state index in [1.54, 1.807) is 0 Å². The number of benzene rings is 2. The maximum Gasteiger partial charge on any atom is 0.673 e. The fraction of sp³-hybridized carbons (Fsp3) is 0.222. The van der Waals surface area contributed by atoms with Crippen molar-refractivity contribution < 1.29 is 17.3 Å². The Morgan fingerprint density at radius 2 is 1.64 bits per heavy atom. The van der Waals surface area contributed by atoms with Crippen LogP contribution in [0.15, 0.2) is 48.5 Å². The third-order valence-corrected chi connectivity index (χ3v) is 3.10. The first kappa shape index (κ1) is 20.2. The second kappa shape index (κ2) is 10.1. The van der Waals surface area contributed by atoms with E-state index in [1.165, 1.54) is 5.56 Å². The number of nitrogens with zero attached hydrogens (tertiary/aromatic N) is 2. The van der Waals surface area contributed by atoms with Gasteiger partial charge in [-0.25, -0.2) is 0 Å². The molecule has 0 aliphatic rings.